The number of hydrogen-bond acceptors (Lipinski definition) is 4. The lowest BCUT2D eigenvalue weighted by molar-refractivity contribution is -0.142. The Labute approximate surface area is 197 Å². The second-order valence-electron chi connectivity index (χ2n) is 9.24. The molecule has 2 aliphatic rings. The number of rotatable bonds is 5. The van der Waals surface area contributed by atoms with Crippen molar-refractivity contribution < 1.29 is 19.5 Å². The Kier molecular flexibility index (Phi) is 6.04. The van der Waals surface area contributed by atoms with Crippen molar-refractivity contribution in [2.75, 3.05) is 13.1 Å². The van der Waals surface area contributed by atoms with Crippen LogP contribution in [0, 0.1) is 5.92 Å². The first-order valence-corrected chi connectivity index (χ1v) is 11.9. The van der Waals surface area contributed by atoms with Gasteiger partial charge in [-0.3, -0.25) is 14.4 Å². The van der Waals surface area contributed by atoms with Gasteiger partial charge in [-0.25, -0.2) is 4.52 Å². The highest BCUT2D eigenvalue weighted by Gasteiger charge is 2.34. The first-order chi connectivity index (χ1) is 16.5. The topological polar surface area (TPSA) is 104 Å². The second-order valence-corrected chi connectivity index (χ2v) is 9.24. The number of piperidine rings is 1. The van der Waals surface area contributed by atoms with Gasteiger partial charge in [0.2, 0.25) is 0 Å². The average Bonchev–Trinajstić information content (AvgIpc) is 3.51. The standard InChI is InChI=1S/C26H28N4O4/c31-24(28-22-8-4-7-20(22)26(33)34)21-16-27-30-14-11-19(15-23(21)30)17-9-12-29(13-10-17)25(32)18-5-2-1-3-6-18/h1-3,5-6,11,14-17,20,22H,4,7-10,12-13H2,(H,28,31)(H,33,34)/t20-,22+/m1/s1. The Morgan fingerprint density at radius 1 is 1.00 bits per heavy atom. The summed E-state index contributed by atoms with van der Waals surface area (Å²) in [5, 5.41) is 16.6. The summed E-state index contributed by atoms with van der Waals surface area (Å²) < 4.78 is 1.68. The molecule has 8 heteroatoms. The Balaban J connectivity index is 1.28. The minimum absolute atomic E-state index is 0.0656. The van der Waals surface area contributed by atoms with Gasteiger partial charge in [-0.15, -0.1) is 0 Å². The third-order valence-corrected chi connectivity index (χ3v) is 7.21. The van der Waals surface area contributed by atoms with Crippen molar-refractivity contribution in [3.8, 4) is 0 Å². The number of aromatic nitrogens is 2. The van der Waals surface area contributed by atoms with E-state index in [2.05, 4.69) is 10.4 Å². The van der Waals surface area contributed by atoms with Crippen LogP contribution in [0.5, 0.6) is 0 Å². The van der Waals surface area contributed by atoms with Gasteiger partial charge in [0.05, 0.1) is 23.2 Å². The molecule has 2 aromatic heterocycles. The summed E-state index contributed by atoms with van der Waals surface area (Å²) >= 11 is 0. The molecule has 3 heterocycles. The SMILES string of the molecule is O=C(N[C@H]1CCC[C@H]1C(=O)O)c1cnn2ccc(C3CCN(C(=O)c4ccccc4)CC3)cc12. The van der Waals surface area contributed by atoms with Crippen molar-refractivity contribution in [2.24, 2.45) is 5.92 Å². The maximum atomic E-state index is 13.0. The monoisotopic (exact) mass is 460 g/mol. The Morgan fingerprint density at radius 3 is 2.50 bits per heavy atom. The first kappa shape index (κ1) is 22.1. The molecule has 2 amide bonds. The van der Waals surface area contributed by atoms with Crippen molar-refractivity contribution in [3.05, 3.63) is 71.5 Å². The lowest BCUT2D eigenvalue weighted by Gasteiger charge is -2.32. The van der Waals surface area contributed by atoms with Gasteiger partial charge in [-0.05, 0) is 61.4 Å². The Morgan fingerprint density at radius 2 is 1.76 bits per heavy atom. The molecule has 2 fully saturated rings. The van der Waals surface area contributed by atoms with Gasteiger partial charge in [0, 0.05) is 30.9 Å². The number of pyridine rings is 1. The van der Waals surface area contributed by atoms with Crippen LogP contribution in [0.25, 0.3) is 5.52 Å². The van der Waals surface area contributed by atoms with Crippen LogP contribution in [0.15, 0.2) is 54.9 Å². The molecule has 0 bridgehead atoms. The zero-order valence-electron chi connectivity index (χ0n) is 18.9. The minimum atomic E-state index is -0.859. The van der Waals surface area contributed by atoms with Gasteiger partial charge in [0.15, 0.2) is 0 Å². The van der Waals surface area contributed by atoms with Gasteiger partial charge in [-0.2, -0.15) is 5.10 Å². The van der Waals surface area contributed by atoms with Crippen LogP contribution in [0.4, 0.5) is 0 Å². The van der Waals surface area contributed by atoms with Crippen molar-refractivity contribution in [1.82, 2.24) is 19.8 Å². The maximum absolute atomic E-state index is 13.0. The van der Waals surface area contributed by atoms with Crippen LogP contribution in [0.3, 0.4) is 0 Å². The number of carbonyl (C=O) groups is 3. The predicted octanol–water partition coefficient (Wildman–Crippen LogP) is 3.34. The lowest BCUT2D eigenvalue weighted by atomic mass is 9.89. The number of carboxylic acid groups (broad SMARTS) is 1. The van der Waals surface area contributed by atoms with E-state index in [1.807, 2.05) is 53.6 Å². The second kappa shape index (κ2) is 9.29. The molecule has 3 aromatic rings. The van der Waals surface area contributed by atoms with Crippen molar-refractivity contribution >= 4 is 23.3 Å². The van der Waals surface area contributed by atoms with Gasteiger partial charge < -0.3 is 15.3 Å². The van der Waals surface area contributed by atoms with Gasteiger partial charge in [0.25, 0.3) is 11.8 Å². The molecule has 34 heavy (non-hydrogen) atoms. The van der Waals surface area contributed by atoms with Gasteiger partial charge in [-0.1, -0.05) is 24.6 Å². The third kappa shape index (κ3) is 4.27. The van der Waals surface area contributed by atoms with Crippen LogP contribution in [0.2, 0.25) is 0 Å². The number of benzene rings is 1. The number of hydrogen-bond donors (Lipinski definition) is 2. The van der Waals surface area contributed by atoms with Crippen LogP contribution < -0.4 is 5.32 Å². The summed E-state index contributed by atoms with van der Waals surface area (Å²) in [4.78, 5) is 39.1. The first-order valence-electron chi connectivity index (χ1n) is 11.9. The van der Waals surface area contributed by atoms with Crippen molar-refractivity contribution in [1.29, 1.82) is 0 Å². The van der Waals surface area contributed by atoms with E-state index in [-0.39, 0.29) is 17.9 Å². The largest absolute Gasteiger partial charge is 0.481 e. The molecule has 0 spiro atoms. The summed E-state index contributed by atoms with van der Waals surface area (Å²) in [5.41, 5.74) is 3.00. The zero-order valence-corrected chi connectivity index (χ0v) is 18.9. The van der Waals surface area contributed by atoms with E-state index in [0.717, 1.165) is 24.8 Å². The molecule has 176 valence electrons. The van der Waals surface area contributed by atoms with Crippen LogP contribution in [0.1, 0.15) is 64.3 Å². The quantitative estimate of drug-likeness (QED) is 0.608. The van der Waals surface area contributed by atoms with Crippen molar-refractivity contribution in [3.63, 3.8) is 0 Å². The maximum Gasteiger partial charge on any atom is 0.308 e. The number of aliphatic carboxylic acids is 1. The Hall–Kier alpha value is -3.68. The molecule has 8 nitrogen and oxygen atoms in total. The smallest absolute Gasteiger partial charge is 0.308 e. The summed E-state index contributed by atoms with van der Waals surface area (Å²) in [6.07, 6.45) is 7.17. The van der Waals surface area contributed by atoms with Gasteiger partial charge >= 0.3 is 5.97 Å². The van der Waals surface area contributed by atoms with Crippen molar-refractivity contribution in [2.45, 2.75) is 44.1 Å². The van der Waals surface area contributed by atoms with E-state index in [0.29, 0.717) is 48.5 Å². The number of carboxylic acids is 1. The molecule has 1 saturated heterocycles. The highest BCUT2D eigenvalue weighted by Crippen LogP contribution is 2.30. The van der Waals surface area contributed by atoms with Crippen LogP contribution in [-0.2, 0) is 4.79 Å². The molecular formula is C26H28N4O4. The molecule has 1 saturated carbocycles. The fraction of sp³-hybridized carbons (Fsp3) is 0.385. The fourth-order valence-electron chi connectivity index (χ4n) is 5.28. The van der Waals surface area contributed by atoms with E-state index in [1.165, 1.54) is 0 Å². The molecule has 0 unspecified atom stereocenters. The van der Waals surface area contributed by atoms with E-state index in [4.69, 9.17) is 0 Å². The fourth-order valence-corrected chi connectivity index (χ4v) is 5.28. The van der Waals surface area contributed by atoms with E-state index in [1.54, 1.807) is 10.7 Å². The summed E-state index contributed by atoms with van der Waals surface area (Å²) in [7, 11) is 0. The molecule has 2 N–H and O–H groups in total. The van der Waals surface area contributed by atoms with E-state index in [9.17, 15) is 19.5 Å². The molecule has 2 atom stereocenters. The molecule has 0 radical (unpaired) electrons. The van der Waals surface area contributed by atoms with Crippen LogP contribution >= 0.6 is 0 Å². The summed E-state index contributed by atoms with van der Waals surface area (Å²) in [6, 6.07) is 13.0. The molecule has 1 aromatic carbocycles. The lowest BCUT2D eigenvalue weighted by Crippen LogP contribution is -2.40. The number of fused-ring (bicyclic) bond motifs is 1. The highest BCUT2D eigenvalue weighted by atomic mass is 16.4. The summed E-state index contributed by atoms with van der Waals surface area (Å²) in [6.45, 7) is 1.38. The van der Waals surface area contributed by atoms with E-state index >= 15 is 0 Å². The van der Waals surface area contributed by atoms with Gasteiger partial charge in [0.1, 0.15) is 0 Å². The number of nitrogens with one attached hydrogen (secondary N) is 1. The number of likely N-dealkylation sites (tertiary alicyclic amines) is 1. The third-order valence-electron chi connectivity index (χ3n) is 7.21. The normalized spacial score (nSPS) is 21.0. The number of nitrogens with zero attached hydrogens (tertiary/aromatic N) is 3. The number of carbonyl (C=O) groups excluding carboxylic acids is 2. The molecule has 5 rings (SSSR count). The average molecular weight is 461 g/mol. The molecule has 1 aliphatic heterocycles. The molecular weight excluding hydrogens is 432 g/mol. The number of amides is 2. The highest BCUT2D eigenvalue weighted by molar-refractivity contribution is 6.01. The molecule has 1 aliphatic carbocycles. The minimum Gasteiger partial charge on any atom is -0.481 e. The predicted molar refractivity (Wildman–Crippen MR) is 126 cm³/mol. The summed E-state index contributed by atoms with van der Waals surface area (Å²) in [5.74, 6) is -1.32. The van der Waals surface area contributed by atoms with E-state index < -0.39 is 11.9 Å². The Bertz CT molecular complexity index is 1210. The van der Waals surface area contributed by atoms with Crippen LogP contribution in [-0.4, -0.2) is 56.5 Å². The zero-order chi connectivity index (χ0) is 23.7.